The molecule has 2 rings (SSSR count). The van der Waals surface area contributed by atoms with Crippen molar-refractivity contribution in [3.63, 3.8) is 0 Å². The van der Waals surface area contributed by atoms with E-state index < -0.39 is 12.8 Å². The van der Waals surface area contributed by atoms with E-state index in [2.05, 4.69) is 10.6 Å². The first kappa shape index (κ1) is 20.9. The van der Waals surface area contributed by atoms with E-state index in [4.69, 9.17) is 4.74 Å². The minimum absolute atomic E-state index is 0. The number of halogens is 4. The molecule has 136 valence electrons. The van der Waals surface area contributed by atoms with Gasteiger partial charge in [0.25, 0.3) is 0 Å². The first-order valence-electron chi connectivity index (χ1n) is 7.25. The van der Waals surface area contributed by atoms with Gasteiger partial charge in [-0.15, -0.1) is 12.4 Å². The third-order valence-electron chi connectivity index (χ3n) is 3.23. The van der Waals surface area contributed by atoms with Crippen LogP contribution in [0.25, 0.3) is 0 Å². The fourth-order valence-electron chi connectivity index (χ4n) is 2.19. The Morgan fingerprint density at radius 2 is 2.21 bits per heavy atom. The summed E-state index contributed by atoms with van der Waals surface area (Å²) in [4.78, 5) is 12.1. The monoisotopic (exact) mass is 384 g/mol. The maximum atomic E-state index is 12.3. The number of hydrogen-bond acceptors (Lipinski definition) is 4. The maximum absolute atomic E-state index is 12.3. The minimum Gasteiger partial charge on any atom is -0.482 e. The van der Waals surface area contributed by atoms with E-state index in [9.17, 15) is 18.0 Å². The lowest BCUT2D eigenvalue weighted by Crippen LogP contribution is -2.39. The second-order valence-corrected chi connectivity index (χ2v) is 6.53. The number of carbonyl (C=O) groups is 1. The summed E-state index contributed by atoms with van der Waals surface area (Å²) in [5, 5.41) is 5.88. The number of amides is 1. The highest BCUT2D eigenvalue weighted by Gasteiger charge is 2.29. The molecule has 0 radical (unpaired) electrons. The Kier molecular flexibility index (Phi) is 8.18. The third kappa shape index (κ3) is 7.19. The van der Waals surface area contributed by atoms with Gasteiger partial charge in [-0.1, -0.05) is 6.07 Å². The first-order valence-corrected chi connectivity index (χ1v) is 8.40. The zero-order chi connectivity index (χ0) is 16.9. The van der Waals surface area contributed by atoms with Crippen LogP contribution in [0.2, 0.25) is 0 Å². The molecule has 0 bridgehead atoms. The van der Waals surface area contributed by atoms with Crippen LogP contribution >= 0.6 is 24.2 Å². The van der Waals surface area contributed by atoms with Crippen LogP contribution in [-0.2, 0) is 4.79 Å². The Bertz CT molecular complexity index is 552. The molecular weight excluding hydrogens is 365 g/mol. The molecular formula is C15H20ClF3N2O2S. The second-order valence-electron chi connectivity index (χ2n) is 5.38. The molecule has 0 saturated carbocycles. The summed E-state index contributed by atoms with van der Waals surface area (Å²) in [7, 11) is 0. The molecule has 1 amide bonds. The molecule has 0 spiro atoms. The van der Waals surface area contributed by atoms with Gasteiger partial charge >= 0.3 is 6.18 Å². The van der Waals surface area contributed by atoms with Gasteiger partial charge in [0.1, 0.15) is 5.75 Å². The number of carbonyl (C=O) groups excluding carboxylic acids is 1. The largest absolute Gasteiger partial charge is 0.482 e. The first-order chi connectivity index (χ1) is 10.8. The van der Waals surface area contributed by atoms with Gasteiger partial charge in [0.15, 0.2) is 6.61 Å². The molecule has 1 aromatic rings. The number of nitrogens with one attached hydrogen (secondary N) is 2. The fourth-order valence-corrected chi connectivity index (χ4v) is 3.14. The number of thioether (sulfide) groups is 1. The Hall–Kier alpha value is -1.12. The predicted molar refractivity (Wildman–Crippen MR) is 92.3 cm³/mol. The number of aryl methyl sites for hydroxylation is 1. The summed E-state index contributed by atoms with van der Waals surface area (Å²) in [5.41, 5.74) is 1.01. The van der Waals surface area contributed by atoms with E-state index in [1.807, 2.05) is 0 Å². The van der Waals surface area contributed by atoms with Crippen LogP contribution < -0.4 is 15.4 Å². The molecule has 2 N–H and O–H groups in total. The summed E-state index contributed by atoms with van der Waals surface area (Å²) >= 11 is 1.78. The topological polar surface area (TPSA) is 50.4 Å². The van der Waals surface area contributed by atoms with Crippen molar-refractivity contribution < 1.29 is 22.7 Å². The molecule has 0 aliphatic carbocycles. The van der Waals surface area contributed by atoms with Crippen LogP contribution in [0.3, 0.4) is 0 Å². The molecule has 9 heteroatoms. The molecule has 1 aliphatic heterocycles. The Morgan fingerprint density at radius 1 is 1.46 bits per heavy atom. The Balaban J connectivity index is 0.00000288. The van der Waals surface area contributed by atoms with Gasteiger partial charge in [-0.2, -0.15) is 24.9 Å². The summed E-state index contributed by atoms with van der Waals surface area (Å²) < 4.78 is 41.8. The van der Waals surface area contributed by atoms with Gasteiger partial charge in [-0.25, -0.2) is 0 Å². The van der Waals surface area contributed by atoms with Crippen LogP contribution in [0.5, 0.6) is 5.75 Å². The normalized spacial score (nSPS) is 17.8. The predicted octanol–water partition coefficient (Wildman–Crippen LogP) is 3.39. The Labute approximate surface area is 149 Å². The van der Waals surface area contributed by atoms with Crippen LogP contribution in [0.4, 0.5) is 18.9 Å². The van der Waals surface area contributed by atoms with Gasteiger partial charge in [-0.05, 0) is 24.6 Å². The molecule has 1 atom stereocenters. The van der Waals surface area contributed by atoms with E-state index in [1.165, 1.54) is 6.07 Å². The van der Waals surface area contributed by atoms with Gasteiger partial charge in [0.05, 0.1) is 5.69 Å². The van der Waals surface area contributed by atoms with E-state index >= 15 is 0 Å². The molecule has 1 fully saturated rings. The molecule has 4 nitrogen and oxygen atoms in total. The van der Waals surface area contributed by atoms with E-state index in [1.54, 1.807) is 30.8 Å². The van der Waals surface area contributed by atoms with Gasteiger partial charge in [0.2, 0.25) is 5.91 Å². The van der Waals surface area contributed by atoms with Crippen LogP contribution in [0.1, 0.15) is 12.0 Å². The summed E-state index contributed by atoms with van der Waals surface area (Å²) in [5.74, 6) is 1.65. The van der Waals surface area contributed by atoms with Crippen molar-refractivity contribution in [3.05, 3.63) is 23.8 Å². The quantitative estimate of drug-likeness (QED) is 0.817. The fraction of sp³-hybridized carbons (Fsp3) is 0.533. The lowest BCUT2D eigenvalue weighted by molar-refractivity contribution is -0.153. The van der Waals surface area contributed by atoms with Gasteiger partial charge in [-0.3, -0.25) is 4.79 Å². The van der Waals surface area contributed by atoms with Crippen molar-refractivity contribution in [2.24, 2.45) is 0 Å². The highest BCUT2D eigenvalue weighted by Crippen LogP contribution is 2.28. The number of rotatable bonds is 5. The van der Waals surface area contributed by atoms with Crippen molar-refractivity contribution >= 4 is 35.8 Å². The average molecular weight is 385 g/mol. The van der Waals surface area contributed by atoms with Crippen LogP contribution in [0, 0.1) is 6.92 Å². The number of ether oxygens (including phenoxy) is 1. The van der Waals surface area contributed by atoms with Crippen molar-refractivity contribution in [1.29, 1.82) is 0 Å². The van der Waals surface area contributed by atoms with Crippen LogP contribution in [0.15, 0.2) is 18.2 Å². The Morgan fingerprint density at radius 3 is 2.83 bits per heavy atom. The lowest BCUT2D eigenvalue weighted by Gasteiger charge is -2.22. The molecule has 24 heavy (non-hydrogen) atoms. The van der Waals surface area contributed by atoms with Gasteiger partial charge in [0, 0.05) is 30.5 Å². The summed E-state index contributed by atoms with van der Waals surface area (Å²) in [6, 6.07) is 4.83. The third-order valence-corrected chi connectivity index (χ3v) is 4.36. The van der Waals surface area contributed by atoms with Crippen molar-refractivity contribution in [2.75, 3.05) is 30.0 Å². The summed E-state index contributed by atoms with van der Waals surface area (Å²) in [6.45, 7) is 1.21. The SMILES string of the molecule is Cc1ccc(NC(=O)CC2CSCCN2)c(OCC(F)(F)F)c1.Cl. The molecule has 1 unspecified atom stereocenters. The standard InChI is InChI=1S/C15H19F3N2O2S.ClH/c1-10-2-3-12(13(6-10)22-9-15(16,17)18)20-14(21)7-11-8-23-5-4-19-11;/h2-3,6,11,19H,4-5,7-9H2,1H3,(H,20,21);1H. The minimum atomic E-state index is -4.42. The maximum Gasteiger partial charge on any atom is 0.422 e. The highest BCUT2D eigenvalue weighted by atomic mass is 35.5. The van der Waals surface area contributed by atoms with Gasteiger partial charge < -0.3 is 15.4 Å². The molecule has 1 heterocycles. The van der Waals surface area contributed by atoms with Crippen LogP contribution in [-0.4, -0.2) is 42.8 Å². The van der Waals surface area contributed by atoms with E-state index in [0.29, 0.717) is 0 Å². The average Bonchev–Trinajstić information content (AvgIpc) is 2.47. The van der Waals surface area contributed by atoms with E-state index in [-0.39, 0.29) is 42.2 Å². The highest BCUT2D eigenvalue weighted by molar-refractivity contribution is 7.99. The van der Waals surface area contributed by atoms with Crippen molar-refractivity contribution in [2.45, 2.75) is 25.6 Å². The number of benzene rings is 1. The zero-order valence-corrected chi connectivity index (χ0v) is 14.7. The molecule has 1 aromatic carbocycles. The second kappa shape index (κ2) is 9.39. The lowest BCUT2D eigenvalue weighted by atomic mass is 10.2. The number of alkyl halides is 3. The zero-order valence-electron chi connectivity index (χ0n) is 13.1. The molecule has 0 aromatic heterocycles. The van der Waals surface area contributed by atoms with Crippen molar-refractivity contribution in [1.82, 2.24) is 5.32 Å². The summed E-state index contributed by atoms with van der Waals surface area (Å²) in [6.07, 6.45) is -4.14. The number of hydrogen-bond donors (Lipinski definition) is 2. The molecule has 1 aliphatic rings. The molecule has 1 saturated heterocycles. The van der Waals surface area contributed by atoms with Crippen molar-refractivity contribution in [3.8, 4) is 5.75 Å². The van der Waals surface area contributed by atoms with E-state index in [0.717, 1.165) is 23.6 Å². The smallest absolute Gasteiger partial charge is 0.422 e. The number of anilines is 1.